The number of nitrogens with zero attached hydrogens (tertiary/aromatic N) is 7. The van der Waals surface area contributed by atoms with E-state index in [1.54, 1.807) is 0 Å². The van der Waals surface area contributed by atoms with Crippen LogP contribution in [0.5, 0.6) is 0 Å². The maximum atomic E-state index is 15.0. The molecule has 5 heterocycles. The van der Waals surface area contributed by atoms with Gasteiger partial charge >= 0.3 is 0 Å². The van der Waals surface area contributed by atoms with Crippen LogP contribution >= 0.6 is 0 Å². The van der Waals surface area contributed by atoms with Crippen molar-refractivity contribution in [3.05, 3.63) is 60.5 Å². The number of aromatic nitrogens is 7. The minimum atomic E-state index is -0.589. The molecular formula is C22H22F2N8. The van der Waals surface area contributed by atoms with Gasteiger partial charge in [-0.3, -0.25) is 4.40 Å². The van der Waals surface area contributed by atoms with Crippen LogP contribution in [0.15, 0.2) is 43.1 Å². The molecule has 0 saturated carbocycles. The zero-order valence-corrected chi connectivity index (χ0v) is 18.1. The lowest BCUT2D eigenvalue weighted by atomic mass is 9.82. The van der Waals surface area contributed by atoms with E-state index in [0.717, 1.165) is 5.57 Å². The molecule has 0 aliphatic carbocycles. The number of pyridine rings is 1. The van der Waals surface area contributed by atoms with Crippen molar-refractivity contribution in [2.45, 2.75) is 45.2 Å². The number of halogens is 2. The van der Waals surface area contributed by atoms with Gasteiger partial charge in [-0.25, -0.2) is 23.7 Å². The van der Waals surface area contributed by atoms with E-state index >= 15 is 4.39 Å². The predicted octanol–water partition coefficient (Wildman–Crippen LogP) is 3.58. The molecule has 0 saturated heterocycles. The number of hydrogen-bond acceptors (Lipinski definition) is 6. The molecular weight excluding hydrogens is 414 g/mol. The first kappa shape index (κ1) is 20.4. The van der Waals surface area contributed by atoms with Crippen LogP contribution in [0.25, 0.3) is 28.4 Å². The van der Waals surface area contributed by atoms with Crippen LogP contribution in [0.2, 0.25) is 0 Å². The third-order valence-electron chi connectivity index (χ3n) is 5.25. The number of hydrogen-bond donors (Lipinski definition) is 1. The Labute approximate surface area is 183 Å². The molecule has 0 spiro atoms. The summed E-state index contributed by atoms with van der Waals surface area (Å²) >= 11 is 0. The summed E-state index contributed by atoms with van der Waals surface area (Å²) in [5, 5.41) is 11.5. The van der Waals surface area contributed by atoms with Crippen LogP contribution in [0.3, 0.4) is 0 Å². The Morgan fingerprint density at radius 1 is 0.969 bits per heavy atom. The molecule has 0 radical (unpaired) electrons. The van der Waals surface area contributed by atoms with Gasteiger partial charge in [0.05, 0.1) is 18.6 Å². The zero-order valence-electron chi connectivity index (χ0n) is 18.1. The molecule has 32 heavy (non-hydrogen) atoms. The average Bonchev–Trinajstić information content (AvgIpc) is 3.34. The summed E-state index contributed by atoms with van der Waals surface area (Å²) in [6, 6.07) is 1.27. The van der Waals surface area contributed by atoms with E-state index in [-0.39, 0.29) is 33.9 Å². The van der Waals surface area contributed by atoms with E-state index in [4.69, 9.17) is 0 Å². The Morgan fingerprint density at radius 2 is 1.72 bits per heavy atom. The Hall–Kier alpha value is -3.53. The standard InChI is InChI=1S/C22H22F2N8/c1-21(2)8-13(9-22(3,4)30-21)18-16(24)11-31-12-17(28-20(31)29-18)19-15(23)7-14(10-25-19)32-26-5-6-27-32/h5-8,10-12,30H,9H2,1-4H3. The molecule has 0 amide bonds. The minimum absolute atomic E-state index is 0.0386. The Bertz CT molecular complexity index is 1350. The highest BCUT2D eigenvalue weighted by Gasteiger charge is 2.34. The number of nitrogens with one attached hydrogen (secondary N) is 1. The maximum Gasteiger partial charge on any atom is 0.235 e. The lowest BCUT2D eigenvalue weighted by molar-refractivity contribution is 0.296. The van der Waals surface area contributed by atoms with Crippen molar-refractivity contribution >= 4 is 11.4 Å². The summed E-state index contributed by atoms with van der Waals surface area (Å²) in [5.74, 6) is -0.784. The van der Waals surface area contributed by atoms with Gasteiger partial charge in [-0.2, -0.15) is 10.2 Å². The molecule has 0 unspecified atom stereocenters. The average molecular weight is 436 g/mol. The molecule has 0 fully saturated rings. The molecule has 1 aliphatic heterocycles. The van der Waals surface area contributed by atoms with Crippen molar-refractivity contribution in [3.8, 4) is 17.1 Å². The van der Waals surface area contributed by atoms with Gasteiger partial charge in [0, 0.05) is 29.5 Å². The maximum absolute atomic E-state index is 15.0. The third kappa shape index (κ3) is 3.66. The molecule has 10 heteroatoms. The molecule has 4 aromatic rings. The first-order chi connectivity index (χ1) is 15.1. The fraction of sp³-hybridized carbons (Fsp3) is 0.318. The van der Waals surface area contributed by atoms with Gasteiger partial charge in [0.1, 0.15) is 22.8 Å². The monoisotopic (exact) mass is 436 g/mol. The van der Waals surface area contributed by atoms with Crippen molar-refractivity contribution in [1.29, 1.82) is 0 Å². The van der Waals surface area contributed by atoms with E-state index in [0.29, 0.717) is 12.1 Å². The topological polar surface area (TPSA) is 85.8 Å². The predicted molar refractivity (Wildman–Crippen MR) is 115 cm³/mol. The molecule has 0 aromatic carbocycles. The summed E-state index contributed by atoms with van der Waals surface area (Å²) in [6.07, 6.45) is 9.87. The normalized spacial score (nSPS) is 17.5. The zero-order chi connectivity index (χ0) is 22.7. The summed E-state index contributed by atoms with van der Waals surface area (Å²) in [7, 11) is 0. The molecule has 0 atom stereocenters. The van der Waals surface area contributed by atoms with Gasteiger partial charge in [-0.1, -0.05) is 6.08 Å². The Balaban J connectivity index is 1.55. The first-order valence-corrected chi connectivity index (χ1v) is 10.2. The largest absolute Gasteiger partial charge is 0.303 e. The number of imidazole rings is 1. The lowest BCUT2D eigenvalue weighted by Gasteiger charge is -2.41. The van der Waals surface area contributed by atoms with Crippen molar-refractivity contribution < 1.29 is 8.78 Å². The SMILES string of the molecule is CC1(C)C=C(c2nc3nc(-c4ncc(-n5nccn5)cc4F)cn3cc2F)CC(C)(C)N1. The highest BCUT2D eigenvalue weighted by atomic mass is 19.1. The lowest BCUT2D eigenvalue weighted by Crippen LogP contribution is -2.53. The molecule has 8 nitrogen and oxygen atoms in total. The van der Waals surface area contributed by atoms with Crippen LogP contribution in [0.1, 0.15) is 39.8 Å². The van der Waals surface area contributed by atoms with E-state index in [9.17, 15) is 4.39 Å². The smallest absolute Gasteiger partial charge is 0.235 e. The Kier molecular flexibility index (Phi) is 4.45. The second-order valence-electron chi connectivity index (χ2n) is 9.19. The molecule has 164 valence electrons. The fourth-order valence-corrected chi connectivity index (χ4v) is 4.38. The number of fused-ring (bicyclic) bond motifs is 1. The van der Waals surface area contributed by atoms with Gasteiger partial charge < -0.3 is 5.32 Å². The molecule has 5 rings (SSSR count). The van der Waals surface area contributed by atoms with Gasteiger partial charge in [-0.05, 0) is 39.7 Å². The summed E-state index contributed by atoms with van der Waals surface area (Å²) in [5.41, 5.74) is 1.22. The number of rotatable bonds is 3. The van der Waals surface area contributed by atoms with Crippen LogP contribution in [-0.2, 0) is 0 Å². The second kappa shape index (κ2) is 6.99. The Morgan fingerprint density at radius 3 is 2.41 bits per heavy atom. The van der Waals surface area contributed by atoms with Crippen LogP contribution < -0.4 is 5.32 Å². The molecule has 0 bridgehead atoms. The molecule has 1 aliphatic rings. The van der Waals surface area contributed by atoms with E-state index in [2.05, 4.69) is 44.3 Å². The first-order valence-electron chi connectivity index (χ1n) is 10.2. The van der Waals surface area contributed by atoms with E-state index in [1.165, 1.54) is 46.2 Å². The summed E-state index contributed by atoms with van der Waals surface area (Å²) in [4.78, 5) is 14.3. The van der Waals surface area contributed by atoms with Gasteiger partial charge in [0.15, 0.2) is 11.6 Å². The van der Waals surface area contributed by atoms with E-state index in [1.807, 2.05) is 19.9 Å². The minimum Gasteiger partial charge on any atom is -0.303 e. The van der Waals surface area contributed by atoms with Gasteiger partial charge in [-0.15, -0.1) is 4.80 Å². The van der Waals surface area contributed by atoms with Crippen LogP contribution in [-0.4, -0.2) is 45.4 Å². The summed E-state index contributed by atoms with van der Waals surface area (Å²) in [6.45, 7) is 8.22. The highest BCUT2D eigenvalue weighted by Crippen LogP contribution is 2.34. The van der Waals surface area contributed by atoms with Gasteiger partial charge in [0.2, 0.25) is 5.78 Å². The fourth-order valence-electron chi connectivity index (χ4n) is 4.38. The van der Waals surface area contributed by atoms with Crippen LogP contribution in [0.4, 0.5) is 8.78 Å². The molecule has 1 N–H and O–H groups in total. The van der Waals surface area contributed by atoms with Crippen LogP contribution in [0, 0.1) is 11.6 Å². The van der Waals surface area contributed by atoms with Crippen molar-refractivity contribution in [3.63, 3.8) is 0 Å². The van der Waals surface area contributed by atoms with Crippen molar-refractivity contribution in [2.24, 2.45) is 0 Å². The summed E-state index contributed by atoms with van der Waals surface area (Å²) < 4.78 is 31.3. The van der Waals surface area contributed by atoms with Gasteiger partial charge in [0.25, 0.3) is 0 Å². The highest BCUT2D eigenvalue weighted by molar-refractivity contribution is 5.68. The van der Waals surface area contributed by atoms with Crippen molar-refractivity contribution in [2.75, 3.05) is 0 Å². The van der Waals surface area contributed by atoms with Crippen molar-refractivity contribution in [1.82, 2.24) is 39.7 Å². The quantitative estimate of drug-likeness (QED) is 0.528. The second-order valence-corrected chi connectivity index (χ2v) is 9.19. The van der Waals surface area contributed by atoms with E-state index < -0.39 is 11.6 Å². The third-order valence-corrected chi connectivity index (χ3v) is 5.25. The molecule has 4 aromatic heterocycles.